The molecule has 96 valence electrons. The third-order valence-electron chi connectivity index (χ3n) is 1.72. The third kappa shape index (κ3) is 8.50. The summed E-state index contributed by atoms with van der Waals surface area (Å²) in [5.41, 5.74) is 0. The van der Waals surface area contributed by atoms with Crippen molar-refractivity contribution in [2.24, 2.45) is 0 Å². The summed E-state index contributed by atoms with van der Waals surface area (Å²) in [7, 11) is 0. The highest BCUT2D eigenvalue weighted by Crippen LogP contribution is 2.07. The molecule has 0 radical (unpaired) electrons. The summed E-state index contributed by atoms with van der Waals surface area (Å²) in [4.78, 5) is 33.2. The number of hydrogen-bond acceptors (Lipinski definition) is 5. The maximum atomic E-state index is 11.5. The van der Waals surface area contributed by atoms with Crippen LogP contribution in [0, 0.1) is 0 Å². The predicted octanol–water partition coefficient (Wildman–Crippen LogP) is 0.890. The van der Waals surface area contributed by atoms with E-state index in [9.17, 15) is 14.4 Å². The van der Waals surface area contributed by atoms with Gasteiger partial charge in [-0.2, -0.15) is 0 Å². The van der Waals surface area contributed by atoms with E-state index in [1.54, 1.807) is 0 Å². The molecule has 0 spiro atoms. The first-order chi connectivity index (χ1) is 7.97. The fourth-order valence-corrected chi connectivity index (χ4v) is 1.70. The highest BCUT2D eigenvalue weighted by molar-refractivity contribution is 8.13. The lowest BCUT2D eigenvalue weighted by Gasteiger charge is -2.15. The minimum atomic E-state index is -0.709. The highest BCUT2D eigenvalue weighted by Gasteiger charge is 2.20. The maximum Gasteiger partial charge on any atom is 0.328 e. The molecular formula is C11H17NO4S. The van der Waals surface area contributed by atoms with Gasteiger partial charge in [-0.3, -0.25) is 9.59 Å². The number of carbonyl (C=O) groups is 3. The summed E-state index contributed by atoms with van der Waals surface area (Å²) in [6.07, 6.45) is 1.81. The Hall–Kier alpha value is -1.30. The second kappa shape index (κ2) is 8.81. The van der Waals surface area contributed by atoms with E-state index < -0.39 is 12.0 Å². The summed E-state index contributed by atoms with van der Waals surface area (Å²) >= 11 is 1.11. The van der Waals surface area contributed by atoms with Crippen LogP contribution in [0.15, 0.2) is 12.7 Å². The molecular weight excluding hydrogens is 242 g/mol. The number of ether oxygens (including phenoxy) is 1. The van der Waals surface area contributed by atoms with Crippen LogP contribution in [0.25, 0.3) is 0 Å². The van der Waals surface area contributed by atoms with Gasteiger partial charge in [-0.1, -0.05) is 24.4 Å². The molecule has 0 aromatic rings. The van der Waals surface area contributed by atoms with Crippen LogP contribution in [0.1, 0.15) is 20.3 Å². The quantitative estimate of drug-likeness (QED) is 0.543. The van der Waals surface area contributed by atoms with E-state index in [1.807, 2.05) is 0 Å². The lowest BCUT2D eigenvalue weighted by Crippen LogP contribution is -2.41. The van der Waals surface area contributed by atoms with Crippen LogP contribution in [0.2, 0.25) is 0 Å². The fraction of sp³-hybridized carbons (Fsp3) is 0.545. The lowest BCUT2D eigenvalue weighted by molar-refractivity contribution is -0.146. The molecule has 0 aromatic carbocycles. The van der Waals surface area contributed by atoms with Crippen molar-refractivity contribution in [3.63, 3.8) is 0 Å². The van der Waals surface area contributed by atoms with E-state index in [1.165, 1.54) is 19.9 Å². The second-order valence-electron chi connectivity index (χ2n) is 3.30. The number of amides is 1. The summed E-state index contributed by atoms with van der Waals surface area (Å²) in [5, 5.41) is 2.47. The van der Waals surface area contributed by atoms with Gasteiger partial charge < -0.3 is 10.1 Å². The van der Waals surface area contributed by atoms with Gasteiger partial charge in [0.05, 0.1) is 0 Å². The number of carbonyl (C=O) groups excluding carboxylic acids is 3. The molecule has 5 nitrogen and oxygen atoms in total. The van der Waals surface area contributed by atoms with E-state index in [4.69, 9.17) is 4.74 Å². The van der Waals surface area contributed by atoms with Crippen molar-refractivity contribution in [1.29, 1.82) is 0 Å². The Labute approximate surface area is 105 Å². The predicted molar refractivity (Wildman–Crippen MR) is 66.5 cm³/mol. The van der Waals surface area contributed by atoms with E-state index in [-0.39, 0.29) is 17.6 Å². The molecule has 1 amide bonds. The van der Waals surface area contributed by atoms with Crippen molar-refractivity contribution in [3.8, 4) is 0 Å². The average molecular weight is 259 g/mol. The van der Waals surface area contributed by atoms with Crippen molar-refractivity contribution >= 4 is 28.8 Å². The minimum absolute atomic E-state index is 0.0222. The molecule has 0 saturated heterocycles. The Bertz CT molecular complexity index is 304. The summed E-state index contributed by atoms with van der Waals surface area (Å²) in [6.45, 7) is 6.31. The van der Waals surface area contributed by atoms with Gasteiger partial charge in [0.25, 0.3) is 0 Å². The Kier molecular flexibility index (Phi) is 8.13. The van der Waals surface area contributed by atoms with Crippen LogP contribution in [-0.4, -0.2) is 35.4 Å². The number of rotatable bonds is 7. The van der Waals surface area contributed by atoms with E-state index >= 15 is 0 Å². The zero-order valence-corrected chi connectivity index (χ0v) is 10.8. The van der Waals surface area contributed by atoms with Gasteiger partial charge in [0.1, 0.15) is 12.6 Å². The first-order valence-corrected chi connectivity index (χ1v) is 6.14. The van der Waals surface area contributed by atoms with Crippen molar-refractivity contribution in [3.05, 3.63) is 12.7 Å². The molecule has 0 saturated carbocycles. The zero-order valence-electron chi connectivity index (χ0n) is 10.0. The van der Waals surface area contributed by atoms with Crippen molar-refractivity contribution in [2.45, 2.75) is 26.3 Å². The zero-order chi connectivity index (χ0) is 13.3. The van der Waals surface area contributed by atoms with Crippen molar-refractivity contribution < 1.29 is 19.1 Å². The highest BCUT2D eigenvalue weighted by atomic mass is 32.2. The molecule has 1 atom stereocenters. The molecule has 0 bridgehead atoms. The minimum Gasteiger partial charge on any atom is -0.460 e. The van der Waals surface area contributed by atoms with E-state index in [2.05, 4.69) is 11.9 Å². The SMILES string of the molecule is C=CCOC(=O)[C@H](CCSC(C)=O)NC(C)=O. The number of thioether (sulfide) groups is 1. The summed E-state index contributed by atoms with van der Waals surface area (Å²) in [5.74, 6) is -0.355. The van der Waals surface area contributed by atoms with Crippen molar-refractivity contribution in [1.82, 2.24) is 5.32 Å². The van der Waals surface area contributed by atoms with E-state index in [0.717, 1.165) is 11.8 Å². The Morgan fingerprint density at radius 1 is 1.41 bits per heavy atom. The molecule has 6 heteroatoms. The molecule has 1 N–H and O–H groups in total. The smallest absolute Gasteiger partial charge is 0.328 e. The lowest BCUT2D eigenvalue weighted by atomic mass is 10.2. The van der Waals surface area contributed by atoms with Crippen LogP contribution in [-0.2, 0) is 19.1 Å². The maximum absolute atomic E-state index is 11.5. The Morgan fingerprint density at radius 2 is 2.06 bits per heavy atom. The first kappa shape index (κ1) is 15.7. The van der Waals surface area contributed by atoms with Gasteiger partial charge in [0, 0.05) is 19.6 Å². The summed E-state index contributed by atoms with van der Waals surface area (Å²) < 4.78 is 4.85. The summed E-state index contributed by atoms with van der Waals surface area (Å²) in [6, 6.07) is -0.709. The van der Waals surface area contributed by atoms with Crippen LogP contribution < -0.4 is 5.32 Å². The standard InChI is InChI=1S/C11H17NO4S/c1-4-6-16-11(15)10(12-8(2)13)5-7-17-9(3)14/h4,10H,1,5-7H2,2-3H3,(H,12,13)/t10-/m0/s1. The Morgan fingerprint density at radius 3 is 2.53 bits per heavy atom. The fourth-order valence-electron chi connectivity index (χ4n) is 1.06. The second-order valence-corrected chi connectivity index (χ2v) is 4.57. The Balaban J connectivity index is 4.20. The monoisotopic (exact) mass is 259 g/mol. The normalized spacial score (nSPS) is 11.4. The molecule has 0 aliphatic carbocycles. The molecule has 0 heterocycles. The molecule has 0 fully saturated rings. The molecule has 0 rings (SSSR count). The van der Waals surface area contributed by atoms with Gasteiger partial charge >= 0.3 is 5.97 Å². The van der Waals surface area contributed by atoms with Gasteiger partial charge in [0.2, 0.25) is 5.91 Å². The molecule has 0 aliphatic heterocycles. The van der Waals surface area contributed by atoms with Gasteiger partial charge in [-0.15, -0.1) is 0 Å². The third-order valence-corrected chi connectivity index (χ3v) is 2.56. The molecule has 0 aliphatic rings. The number of esters is 1. The van der Waals surface area contributed by atoms with Crippen molar-refractivity contribution in [2.75, 3.05) is 12.4 Å². The largest absolute Gasteiger partial charge is 0.460 e. The van der Waals surface area contributed by atoms with Gasteiger partial charge in [-0.05, 0) is 6.42 Å². The topological polar surface area (TPSA) is 72.5 Å². The molecule has 17 heavy (non-hydrogen) atoms. The van der Waals surface area contributed by atoms with Crippen LogP contribution >= 0.6 is 11.8 Å². The van der Waals surface area contributed by atoms with E-state index in [0.29, 0.717) is 12.2 Å². The number of nitrogens with one attached hydrogen (secondary N) is 1. The number of hydrogen-bond donors (Lipinski definition) is 1. The van der Waals surface area contributed by atoms with Gasteiger partial charge in [0.15, 0.2) is 5.12 Å². The van der Waals surface area contributed by atoms with Crippen LogP contribution in [0.4, 0.5) is 0 Å². The average Bonchev–Trinajstić information content (AvgIpc) is 2.23. The molecule has 0 aromatic heterocycles. The first-order valence-electron chi connectivity index (χ1n) is 5.15. The molecule has 0 unspecified atom stereocenters. The van der Waals surface area contributed by atoms with Gasteiger partial charge in [-0.25, -0.2) is 4.79 Å². The van der Waals surface area contributed by atoms with Crippen LogP contribution in [0.5, 0.6) is 0 Å². The van der Waals surface area contributed by atoms with Crippen LogP contribution in [0.3, 0.4) is 0 Å².